The van der Waals surface area contributed by atoms with Crippen molar-refractivity contribution < 1.29 is 9.53 Å². The number of anilines is 1. The first-order chi connectivity index (χ1) is 4.83. The zero-order valence-electron chi connectivity index (χ0n) is 5.55. The van der Waals surface area contributed by atoms with Crippen LogP contribution in [-0.2, 0) is 4.74 Å². The molecule has 0 radical (unpaired) electrons. The van der Waals surface area contributed by atoms with Gasteiger partial charge in [0, 0.05) is 6.20 Å². The van der Waals surface area contributed by atoms with Gasteiger partial charge in [0.1, 0.15) is 5.82 Å². The van der Waals surface area contributed by atoms with Crippen molar-refractivity contribution in [3.8, 4) is 0 Å². The standard InChI is InChI=1S/C6H8N2O2/c1-10-6(9)8-5-3-2-4-7-5/h2-4,7H,1H3,(H,8,9). The van der Waals surface area contributed by atoms with Crippen molar-refractivity contribution in [3.05, 3.63) is 18.3 Å². The van der Waals surface area contributed by atoms with E-state index in [1.807, 2.05) is 0 Å². The van der Waals surface area contributed by atoms with E-state index in [0.29, 0.717) is 5.82 Å². The van der Waals surface area contributed by atoms with Gasteiger partial charge in [0.05, 0.1) is 7.11 Å². The van der Waals surface area contributed by atoms with E-state index in [2.05, 4.69) is 15.0 Å². The number of hydrogen-bond donors (Lipinski definition) is 2. The number of H-pyrrole nitrogens is 1. The van der Waals surface area contributed by atoms with Crippen molar-refractivity contribution in [2.75, 3.05) is 12.4 Å². The van der Waals surface area contributed by atoms with Crippen LogP contribution in [0.2, 0.25) is 0 Å². The third-order valence-corrected chi connectivity index (χ3v) is 1.02. The number of ether oxygens (including phenoxy) is 1. The maximum atomic E-state index is 10.5. The fraction of sp³-hybridized carbons (Fsp3) is 0.167. The Morgan fingerprint density at radius 1 is 1.80 bits per heavy atom. The zero-order valence-corrected chi connectivity index (χ0v) is 5.55. The first-order valence-corrected chi connectivity index (χ1v) is 2.81. The van der Waals surface area contributed by atoms with Crippen molar-refractivity contribution in [1.29, 1.82) is 0 Å². The smallest absolute Gasteiger partial charge is 0.412 e. The van der Waals surface area contributed by atoms with Gasteiger partial charge < -0.3 is 9.72 Å². The lowest BCUT2D eigenvalue weighted by Crippen LogP contribution is -2.10. The molecule has 0 fully saturated rings. The van der Waals surface area contributed by atoms with E-state index < -0.39 is 6.09 Å². The van der Waals surface area contributed by atoms with Crippen LogP contribution in [0.5, 0.6) is 0 Å². The van der Waals surface area contributed by atoms with Crippen LogP contribution < -0.4 is 5.32 Å². The second kappa shape index (κ2) is 2.91. The molecule has 1 heterocycles. The van der Waals surface area contributed by atoms with Gasteiger partial charge in [-0.2, -0.15) is 0 Å². The summed E-state index contributed by atoms with van der Waals surface area (Å²) in [5, 5.41) is 2.45. The molecule has 0 saturated heterocycles. The molecule has 0 unspecified atom stereocenters. The summed E-state index contributed by atoms with van der Waals surface area (Å²) in [6, 6.07) is 3.52. The summed E-state index contributed by atoms with van der Waals surface area (Å²) in [4.78, 5) is 13.3. The summed E-state index contributed by atoms with van der Waals surface area (Å²) in [6.07, 6.45) is 1.24. The molecule has 0 aromatic carbocycles. The van der Waals surface area contributed by atoms with Crippen LogP contribution in [0.25, 0.3) is 0 Å². The Hall–Kier alpha value is -1.45. The minimum Gasteiger partial charge on any atom is -0.453 e. The zero-order chi connectivity index (χ0) is 7.40. The van der Waals surface area contributed by atoms with Crippen LogP contribution in [0.1, 0.15) is 0 Å². The summed E-state index contributed by atoms with van der Waals surface area (Å²) in [7, 11) is 1.32. The summed E-state index contributed by atoms with van der Waals surface area (Å²) in [6.45, 7) is 0. The molecule has 0 aliphatic rings. The number of methoxy groups -OCH3 is 1. The molecule has 10 heavy (non-hydrogen) atoms. The lowest BCUT2D eigenvalue weighted by Gasteiger charge is -1.98. The first-order valence-electron chi connectivity index (χ1n) is 2.81. The van der Waals surface area contributed by atoms with E-state index in [1.165, 1.54) is 7.11 Å². The summed E-state index contributed by atoms with van der Waals surface area (Å²) in [5.74, 6) is 0.631. The summed E-state index contributed by atoms with van der Waals surface area (Å²) < 4.78 is 4.35. The largest absolute Gasteiger partial charge is 0.453 e. The monoisotopic (exact) mass is 140 g/mol. The highest BCUT2D eigenvalue weighted by Crippen LogP contribution is 2.00. The van der Waals surface area contributed by atoms with E-state index in [1.54, 1.807) is 18.3 Å². The fourth-order valence-corrected chi connectivity index (χ4v) is 0.569. The fourth-order valence-electron chi connectivity index (χ4n) is 0.569. The second-order valence-electron chi connectivity index (χ2n) is 1.70. The molecular formula is C6H8N2O2. The quantitative estimate of drug-likeness (QED) is 0.615. The second-order valence-corrected chi connectivity index (χ2v) is 1.70. The van der Waals surface area contributed by atoms with Gasteiger partial charge in [0.2, 0.25) is 0 Å². The average Bonchev–Trinajstić information content (AvgIpc) is 2.40. The maximum Gasteiger partial charge on any atom is 0.412 e. The Kier molecular flexibility index (Phi) is 1.94. The molecule has 0 atom stereocenters. The van der Waals surface area contributed by atoms with Crippen molar-refractivity contribution in [3.63, 3.8) is 0 Å². The SMILES string of the molecule is COC(=O)Nc1ccc[nH]1. The molecule has 0 spiro atoms. The highest BCUT2D eigenvalue weighted by Gasteiger charge is 1.97. The molecule has 1 rings (SSSR count). The van der Waals surface area contributed by atoms with Gasteiger partial charge in [0.25, 0.3) is 0 Å². The molecule has 1 aromatic rings. The highest BCUT2D eigenvalue weighted by molar-refractivity contribution is 5.83. The number of aromatic nitrogens is 1. The van der Waals surface area contributed by atoms with Crippen molar-refractivity contribution in [1.82, 2.24) is 4.98 Å². The Morgan fingerprint density at radius 2 is 2.60 bits per heavy atom. The number of carbonyl (C=O) groups excluding carboxylic acids is 1. The van der Waals surface area contributed by atoms with Crippen LogP contribution in [0.4, 0.5) is 10.6 Å². The van der Waals surface area contributed by atoms with Gasteiger partial charge in [-0.25, -0.2) is 4.79 Å². The van der Waals surface area contributed by atoms with Gasteiger partial charge in [-0.3, -0.25) is 5.32 Å². The topological polar surface area (TPSA) is 54.1 Å². The summed E-state index contributed by atoms with van der Waals surface area (Å²) in [5.41, 5.74) is 0. The minimum absolute atomic E-state index is 0.470. The summed E-state index contributed by atoms with van der Waals surface area (Å²) >= 11 is 0. The van der Waals surface area contributed by atoms with Crippen LogP contribution in [-0.4, -0.2) is 18.2 Å². The van der Waals surface area contributed by atoms with Gasteiger partial charge >= 0.3 is 6.09 Å². The van der Waals surface area contributed by atoms with E-state index in [4.69, 9.17) is 0 Å². The normalized spacial score (nSPS) is 8.90. The van der Waals surface area contributed by atoms with Gasteiger partial charge in [-0.05, 0) is 12.1 Å². The highest BCUT2D eigenvalue weighted by atomic mass is 16.5. The van der Waals surface area contributed by atoms with Gasteiger partial charge in [-0.15, -0.1) is 0 Å². The third-order valence-electron chi connectivity index (χ3n) is 1.02. The van der Waals surface area contributed by atoms with Gasteiger partial charge in [-0.1, -0.05) is 0 Å². The molecule has 4 nitrogen and oxygen atoms in total. The predicted molar refractivity (Wildman–Crippen MR) is 36.8 cm³/mol. The Bertz CT molecular complexity index is 206. The Morgan fingerprint density at radius 3 is 3.10 bits per heavy atom. The van der Waals surface area contributed by atoms with E-state index in [9.17, 15) is 4.79 Å². The average molecular weight is 140 g/mol. The molecule has 0 bridgehead atoms. The Balaban J connectivity index is 2.48. The molecule has 0 aliphatic heterocycles. The van der Waals surface area contributed by atoms with Gasteiger partial charge in [0.15, 0.2) is 0 Å². The van der Waals surface area contributed by atoms with Crippen LogP contribution in [0.15, 0.2) is 18.3 Å². The van der Waals surface area contributed by atoms with Crippen molar-refractivity contribution in [2.24, 2.45) is 0 Å². The van der Waals surface area contributed by atoms with Crippen LogP contribution >= 0.6 is 0 Å². The molecule has 4 heteroatoms. The first kappa shape index (κ1) is 6.67. The number of aromatic amines is 1. The maximum absolute atomic E-state index is 10.5. The number of hydrogen-bond acceptors (Lipinski definition) is 2. The molecular weight excluding hydrogens is 132 g/mol. The molecule has 1 amide bonds. The van der Waals surface area contributed by atoms with Crippen molar-refractivity contribution >= 4 is 11.9 Å². The number of rotatable bonds is 1. The Labute approximate surface area is 58.2 Å². The molecule has 54 valence electrons. The van der Waals surface area contributed by atoms with Crippen LogP contribution in [0, 0.1) is 0 Å². The molecule has 0 saturated carbocycles. The number of carbonyl (C=O) groups is 1. The lowest BCUT2D eigenvalue weighted by atomic mass is 10.6. The molecule has 1 aromatic heterocycles. The molecule has 0 aliphatic carbocycles. The molecule has 2 N–H and O–H groups in total. The minimum atomic E-state index is -0.470. The number of nitrogens with one attached hydrogen (secondary N) is 2. The van der Waals surface area contributed by atoms with E-state index in [0.717, 1.165) is 0 Å². The third kappa shape index (κ3) is 1.51. The van der Waals surface area contributed by atoms with E-state index >= 15 is 0 Å². The van der Waals surface area contributed by atoms with E-state index in [-0.39, 0.29) is 0 Å². The number of amides is 1. The van der Waals surface area contributed by atoms with Crippen molar-refractivity contribution in [2.45, 2.75) is 0 Å². The predicted octanol–water partition coefficient (Wildman–Crippen LogP) is 1.19. The lowest BCUT2D eigenvalue weighted by molar-refractivity contribution is 0.187. The van der Waals surface area contributed by atoms with Crippen LogP contribution in [0.3, 0.4) is 0 Å².